The van der Waals surface area contributed by atoms with Gasteiger partial charge in [-0.15, -0.1) is 0 Å². The van der Waals surface area contributed by atoms with Gasteiger partial charge in [-0.1, -0.05) is 18.2 Å². The number of rotatable bonds is 6. The first-order valence-electron chi connectivity index (χ1n) is 10.2. The lowest BCUT2D eigenvalue weighted by atomic mass is 9.99. The Kier molecular flexibility index (Phi) is 6.13. The van der Waals surface area contributed by atoms with Crippen LogP contribution in [0.15, 0.2) is 54.7 Å². The summed E-state index contributed by atoms with van der Waals surface area (Å²) in [5.74, 6) is -3.08. The van der Waals surface area contributed by atoms with Gasteiger partial charge >= 0.3 is 0 Å². The van der Waals surface area contributed by atoms with E-state index in [0.717, 1.165) is 17.3 Å². The van der Waals surface area contributed by atoms with Gasteiger partial charge in [-0.2, -0.15) is 9.97 Å². The molecule has 7 nitrogen and oxygen atoms in total. The highest BCUT2D eigenvalue weighted by Crippen LogP contribution is 2.31. The van der Waals surface area contributed by atoms with Gasteiger partial charge in [0, 0.05) is 40.8 Å². The number of nitrogens with one attached hydrogen (secondary N) is 2. The van der Waals surface area contributed by atoms with Crippen LogP contribution in [0.4, 0.5) is 36.4 Å². The fourth-order valence-corrected chi connectivity index (χ4v) is 3.53. The monoisotopic (exact) mass is 463 g/mol. The Balaban J connectivity index is 1.64. The molecule has 0 aliphatic heterocycles. The van der Waals surface area contributed by atoms with Gasteiger partial charge in [0.1, 0.15) is 17.5 Å². The van der Waals surface area contributed by atoms with Crippen LogP contribution in [0.2, 0.25) is 0 Å². The summed E-state index contributed by atoms with van der Waals surface area (Å²) in [5.41, 5.74) is 14.3. The largest absolute Gasteiger partial charge is 0.383 e. The van der Waals surface area contributed by atoms with Crippen LogP contribution >= 0.6 is 0 Å². The quantitative estimate of drug-likeness (QED) is 0.241. The molecule has 2 aromatic carbocycles. The molecule has 2 heterocycles. The first-order valence-corrected chi connectivity index (χ1v) is 10.2. The molecule has 2 aromatic heterocycles. The molecule has 0 aliphatic rings. The zero-order chi connectivity index (χ0) is 24.4. The molecule has 4 aromatic rings. The molecule has 0 bridgehead atoms. The molecule has 0 fully saturated rings. The minimum absolute atomic E-state index is 0.0768. The number of pyridine rings is 1. The minimum atomic E-state index is -1.32. The van der Waals surface area contributed by atoms with Crippen LogP contribution in [-0.2, 0) is 6.42 Å². The Morgan fingerprint density at radius 1 is 0.971 bits per heavy atom. The predicted molar refractivity (Wildman–Crippen MR) is 125 cm³/mol. The number of hydrogen-bond donors (Lipinski definition) is 4. The maximum absolute atomic E-state index is 14.1. The van der Waals surface area contributed by atoms with E-state index < -0.39 is 29.4 Å². The Morgan fingerprint density at radius 3 is 2.35 bits per heavy atom. The SMILES string of the molecule is Cc1cc(-c2c(N)nc(Nc3ccccc3C(=N)Cc3c(F)ccc(F)c3F)nc2N)ccn1. The number of aromatic nitrogens is 3. The van der Waals surface area contributed by atoms with Crippen molar-refractivity contribution in [2.45, 2.75) is 13.3 Å². The molecule has 6 N–H and O–H groups in total. The molecule has 0 spiro atoms. The maximum atomic E-state index is 14.1. The lowest BCUT2D eigenvalue weighted by molar-refractivity contribution is 0.484. The lowest BCUT2D eigenvalue weighted by Crippen LogP contribution is -2.12. The van der Waals surface area contributed by atoms with Crippen molar-refractivity contribution in [1.29, 1.82) is 5.41 Å². The van der Waals surface area contributed by atoms with Gasteiger partial charge in [-0.3, -0.25) is 4.98 Å². The topological polar surface area (TPSA) is 127 Å². The normalized spacial score (nSPS) is 10.8. The Labute approximate surface area is 193 Å². The second-order valence-electron chi connectivity index (χ2n) is 7.53. The van der Waals surface area contributed by atoms with Crippen LogP contribution in [0.3, 0.4) is 0 Å². The minimum Gasteiger partial charge on any atom is -0.383 e. The molecular formula is C24H20F3N7. The van der Waals surface area contributed by atoms with Crippen LogP contribution in [0.1, 0.15) is 16.8 Å². The van der Waals surface area contributed by atoms with E-state index >= 15 is 0 Å². The zero-order valence-electron chi connectivity index (χ0n) is 18.0. The van der Waals surface area contributed by atoms with E-state index in [9.17, 15) is 13.2 Å². The van der Waals surface area contributed by atoms with Gasteiger partial charge in [0.2, 0.25) is 5.95 Å². The molecule has 172 valence electrons. The summed E-state index contributed by atoms with van der Waals surface area (Å²) in [6.07, 6.45) is 1.17. The smallest absolute Gasteiger partial charge is 0.231 e. The highest BCUT2D eigenvalue weighted by molar-refractivity contribution is 6.04. The van der Waals surface area contributed by atoms with E-state index in [4.69, 9.17) is 16.9 Å². The average molecular weight is 463 g/mol. The van der Waals surface area contributed by atoms with Crippen LogP contribution in [0.25, 0.3) is 11.1 Å². The number of halogens is 3. The maximum Gasteiger partial charge on any atom is 0.231 e. The number of nitrogen functional groups attached to an aromatic ring is 2. The van der Waals surface area contributed by atoms with Crippen molar-refractivity contribution in [3.63, 3.8) is 0 Å². The second kappa shape index (κ2) is 9.18. The Morgan fingerprint density at radius 2 is 1.65 bits per heavy atom. The molecule has 10 heteroatoms. The molecule has 0 unspecified atom stereocenters. The number of anilines is 4. The summed E-state index contributed by atoms with van der Waals surface area (Å²) in [6, 6.07) is 11.7. The van der Waals surface area contributed by atoms with E-state index in [1.54, 1.807) is 42.6 Å². The lowest BCUT2D eigenvalue weighted by Gasteiger charge is -2.15. The molecule has 0 atom stereocenters. The van der Waals surface area contributed by atoms with E-state index in [0.29, 0.717) is 22.9 Å². The van der Waals surface area contributed by atoms with Crippen molar-refractivity contribution in [2.24, 2.45) is 0 Å². The fourth-order valence-electron chi connectivity index (χ4n) is 3.53. The van der Waals surface area contributed by atoms with E-state index in [1.807, 2.05) is 6.92 Å². The van der Waals surface area contributed by atoms with Gasteiger partial charge in [-0.25, -0.2) is 13.2 Å². The third kappa shape index (κ3) is 4.51. The highest BCUT2D eigenvalue weighted by Gasteiger charge is 2.19. The molecule has 0 radical (unpaired) electrons. The summed E-state index contributed by atoms with van der Waals surface area (Å²) in [5, 5.41) is 11.4. The summed E-state index contributed by atoms with van der Waals surface area (Å²) in [4.78, 5) is 12.7. The number of aryl methyl sites for hydroxylation is 1. The van der Waals surface area contributed by atoms with Gasteiger partial charge in [-0.05, 0) is 42.8 Å². The van der Waals surface area contributed by atoms with Crippen LogP contribution < -0.4 is 16.8 Å². The van der Waals surface area contributed by atoms with Gasteiger partial charge in [0.15, 0.2) is 11.6 Å². The summed E-state index contributed by atoms with van der Waals surface area (Å²) >= 11 is 0. The molecule has 4 rings (SSSR count). The van der Waals surface area contributed by atoms with Crippen molar-refractivity contribution < 1.29 is 13.2 Å². The number of para-hydroxylation sites is 1. The average Bonchev–Trinajstić information content (AvgIpc) is 2.79. The van der Waals surface area contributed by atoms with Gasteiger partial charge in [0.25, 0.3) is 0 Å². The van der Waals surface area contributed by atoms with E-state index in [2.05, 4.69) is 20.3 Å². The molecule has 0 saturated heterocycles. The molecule has 34 heavy (non-hydrogen) atoms. The molecule has 0 amide bonds. The molecule has 0 aliphatic carbocycles. The Bertz CT molecular complexity index is 1380. The molecule has 0 saturated carbocycles. The summed E-state index contributed by atoms with van der Waals surface area (Å²) in [6.45, 7) is 1.83. The van der Waals surface area contributed by atoms with E-state index in [-0.39, 0.29) is 23.3 Å². The summed E-state index contributed by atoms with van der Waals surface area (Å²) in [7, 11) is 0. The van der Waals surface area contributed by atoms with Crippen LogP contribution in [-0.4, -0.2) is 20.7 Å². The van der Waals surface area contributed by atoms with Crippen molar-refractivity contribution in [3.05, 3.63) is 89.0 Å². The zero-order valence-corrected chi connectivity index (χ0v) is 18.0. The van der Waals surface area contributed by atoms with Crippen molar-refractivity contribution in [1.82, 2.24) is 15.0 Å². The molecular weight excluding hydrogens is 443 g/mol. The number of benzene rings is 2. The van der Waals surface area contributed by atoms with Gasteiger partial charge in [0.05, 0.1) is 5.56 Å². The van der Waals surface area contributed by atoms with Crippen molar-refractivity contribution >= 4 is 29.0 Å². The van der Waals surface area contributed by atoms with Gasteiger partial charge < -0.3 is 22.2 Å². The van der Waals surface area contributed by atoms with Crippen molar-refractivity contribution in [3.8, 4) is 11.1 Å². The standard InChI is InChI=1S/C24H20F3N7/c1-12-10-13(8-9-31-12)20-22(29)33-24(34-23(20)30)32-19-5-3-2-4-14(19)18(28)11-15-16(25)6-7-17(26)21(15)27/h2-10,28H,11H2,1H3,(H5,29,30,32,33,34). The fraction of sp³-hybridized carbons (Fsp3) is 0.0833. The number of hydrogen-bond acceptors (Lipinski definition) is 7. The van der Waals surface area contributed by atoms with Crippen molar-refractivity contribution in [2.75, 3.05) is 16.8 Å². The Hall–Kier alpha value is -4.47. The van der Waals surface area contributed by atoms with Crippen LogP contribution in [0.5, 0.6) is 0 Å². The third-order valence-electron chi connectivity index (χ3n) is 5.14. The first kappa shape index (κ1) is 22.7. The van der Waals surface area contributed by atoms with E-state index in [1.165, 1.54) is 0 Å². The first-order chi connectivity index (χ1) is 16.2. The number of nitrogens with two attached hydrogens (primary N) is 2. The summed E-state index contributed by atoms with van der Waals surface area (Å²) < 4.78 is 41.7. The highest BCUT2D eigenvalue weighted by atomic mass is 19.2. The number of nitrogens with zero attached hydrogens (tertiary/aromatic N) is 3. The third-order valence-corrected chi connectivity index (χ3v) is 5.14. The predicted octanol–water partition coefficient (Wildman–Crippen LogP) is 4.78. The van der Waals surface area contributed by atoms with Crippen LogP contribution in [0, 0.1) is 29.8 Å². The second-order valence-corrected chi connectivity index (χ2v) is 7.53.